The van der Waals surface area contributed by atoms with Gasteiger partial charge in [0.2, 0.25) is 17.7 Å². The van der Waals surface area contributed by atoms with Gasteiger partial charge in [-0.25, -0.2) is 4.79 Å². The predicted molar refractivity (Wildman–Crippen MR) is 129 cm³/mol. The molecular formula is C21H42N8O5. The third-order valence-electron chi connectivity index (χ3n) is 5.35. The Morgan fingerprint density at radius 1 is 0.882 bits per heavy atom. The number of guanidine groups is 1. The Morgan fingerprint density at radius 3 is 1.97 bits per heavy atom. The number of aliphatic carboxylic acids is 1. The largest absolute Gasteiger partial charge is 0.480 e. The lowest BCUT2D eigenvalue weighted by molar-refractivity contribution is -0.142. The first-order chi connectivity index (χ1) is 15.9. The third kappa shape index (κ3) is 12.3. The van der Waals surface area contributed by atoms with Crippen molar-refractivity contribution in [2.75, 3.05) is 13.1 Å². The van der Waals surface area contributed by atoms with Gasteiger partial charge in [-0.05, 0) is 51.5 Å². The fraction of sp³-hybridized carbons (Fsp3) is 0.762. The zero-order valence-corrected chi connectivity index (χ0v) is 20.4. The highest BCUT2D eigenvalue weighted by atomic mass is 16.4. The Hall–Kier alpha value is -2.93. The van der Waals surface area contributed by atoms with Crippen molar-refractivity contribution < 1.29 is 24.3 Å². The lowest BCUT2D eigenvalue weighted by Crippen LogP contribution is -2.58. The monoisotopic (exact) mass is 486 g/mol. The maximum absolute atomic E-state index is 13.0. The predicted octanol–water partition coefficient (Wildman–Crippen LogP) is -1.90. The summed E-state index contributed by atoms with van der Waals surface area (Å²) < 4.78 is 0. The molecule has 0 aromatic rings. The first-order valence-electron chi connectivity index (χ1n) is 11.6. The molecule has 3 amide bonds. The molecule has 12 N–H and O–H groups in total. The molecule has 0 rings (SSSR count). The lowest BCUT2D eigenvalue weighted by atomic mass is 9.97. The van der Waals surface area contributed by atoms with Gasteiger partial charge in [0.25, 0.3) is 0 Å². The molecule has 0 bridgehead atoms. The second kappa shape index (κ2) is 16.6. The molecule has 13 nitrogen and oxygen atoms in total. The normalized spacial score (nSPS) is 15.2. The molecule has 0 saturated carbocycles. The van der Waals surface area contributed by atoms with E-state index in [4.69, 9.17) is 22.9 Å². The van der Waals surface area contributed by atoms with E-state index in [2.05, 4.69) is 20.9 Å². The van der Waals surface area contributed by atoms with Gasteiger partial charge < -0.3 is 44.0 Å². The number of rotatable bonds is 17. The van der Waals surface area contributed by atoms with Crippen molar-refractivity contribution in [2.24, 2.45) is 33.8 Å². The number of nitrogens with two attached hydrogens (primary N) is 4. The number of unbranched alkanes of at least 4 members (excludes halogenated alkanes) is 1. The smallest absolute Gasteiger partial charge is 0.326 e. The maximum atomic E-state index is 13.0. The van der Waals surface area contributed by atoms with E-state index < -0.39 is 47.9 Å². The number of aliphatic imine (C=N–C) groups is 1. The molecule has 34 heavy (non-hydrogen) atoms. The fourth-order valence-electron chi connectivity index (χ4n) is 3.04. The number of nitrogens with zero attached hydrogens (tertiary/aromatic N) is 1. The summed E-state index contributed by atoms with van der Waals surface area (Å²) in [6, 6.07) is -3.89. The van der Waals surface area contributed by atoms with E-state index in [1.165, 1.54) is 6.92 Å². The van der Waals surface area contributed by atoms with E-state index in [9.17, 15) is 24.3 Å². The molecule has 5 unspecified atom stereocenters. The second-order valence-electron chi connectivity index (χ2n) is 8.35. The van der Waals surface area contributed by atoms with Crippen LogP contribution in [0.25, 0.3) is 0 Å². The van der Waals surface area contributed by atoms with Gasteiger partial charge in [0.15, 0.2) is 5.96 Å². The van der Waals surface area contributed by atoms with Crippen LogP contribution in [0.1, 0.15) is 59.3 Å². The number of carboxylic acid groups (broad SMARTS) is 1. The SMILES string of the molecule is CCC(C)C(NC(=O)C(C)N)C(=O)NC(CCCCN)C(=O)NC(CCCN=C(N)N)C(=O)O. The molecule has 0 heterocycles. The molecule has 0 aliphatic heterocycles. The first kappa shape index (κ1) is 31.1. The Morgan fingerprint density at radius 2 is 1.47 bits per heavy atom. The molecule has 0 spiro atoms. The molecule has 0 saturated heterocycles. The Labute approximate surface area is 200 Å². The third-order valence-corrected chi connectivity index (χ3v) is 5.35. The summed E-state index contributed by atoms with van der Waals surface area (Å²) in [5, 5.41) is 17.3. The molecule has 0 aliphatic rings. The molecule has 5 atom stereocenters. The summed E-state index contributed by atoms with van der Waals surface area (Å²) in [5.74, 6) is -3.22. The van der Waals surface area contributed by atoms with Crippen molar-refractivity contribution in [1.82, 2.24) is 16.0 Å². The number of carbonyl (C=O) groups excluding carboxylic acids is 3. The van der Waals surface area contributed by atoms with Gasteiger partial charge in [0.05, 0.1) is 6.04 Å². The standard InChI is InChI=1S/C21H42N8O5/c1-4-12(2)16(29-17(30)13(3)23)19(32)27-14(8-5-6-10-22)18(31)28-15(20(33)34)9-7-11-26-21(24)25/h12-16H,4-11,22-23H2,1-3H3,(H,27,32)(H,28,31)(H,29,30)(H,33,34)(H4,24,25,26). The van der Waals surface area contributed by atoms with Crippen LogP contribution in [0.5, 0.6) is 0 Å². The van der Waals surface area contributed by atoms with Gasteiger partial charge in [-0.1, -0.05) is 20.3 Å². The van der Waals surface area contributed by atoms with Gasteiger partial charge in [-0.15, -0.1) is 0 Å². The van der Waals surface area contributed by atoms with Crippen LogP contribution in [-0.2, 0) is 19.2 Å². The van der Waals surface area contributed by atoms with Crippen LogP contribution in [0.2, 0.25) is 0 Å². The van der Waals surface area contributed by atoms with Gasteiger partial charge in [-0.2, -0.15) is 0 Å². The summed E-state index contributed by atoms with van der Waals surface area (Å²) in [5.41, 5.74) is 21.7. The lowest BCUT2D eigenvalue weighted by Gasteiger charge is -2.27. The minimum Gasteiger partial charge on any atom is -0.480 e. The van der Waals surface area contributed by atoms with Crippen LogP contribution in [0, 0.1) is 5.92 Å². The Bertz CT molecular complexity index is 697. The van der Waals surface area contributed by atoms with E-state index in [0.717, 1.165) is 0 Å². The molecule has 0 aliphatic carbocycles. The summed E-state index contributed by atoms with van der Waals surface area (Å²) in [7, 11) is 0. The summed E-state index contributed by atoms with van der Waals surface area (Å²) >= 11 is 0. The quantitative estimate of drug-likeness (QED) is 0.0649. The van der Waals surface area contributed by atoms with Crippen molar-refractivity contribution >= 4 is 29.7 Å². The van der Waals surface area contributed by atoms with E-state index >= 15 is 0 Å². The number of nitrogens with one attached hydrogen (secondary N) is 3. The molecule has 0 aromatic heterocycles. The summed E-state index contributed by atoms with van der Waals surface area (Å²) in [4.78, 5) is 53.5. The minimum atomic E-state index is -1.22. The zero-order chi connectivity index (χ0) is 26.3. The number of hydrogen-bond donors (Lipinski definition) is 8. The van der Waals surface area contributed by atoms with Crippen LogP contribution >= 0.6 is 0 Å². The van der Waals surface area contributed by atoms with E-state index in [0.29, 0.717) is 32.2 Å². The van der Waals surface area contributed by atoms with Crippen LogP contribution in [0.3, 0.4) is 0 Å². The van der Waals surface area contributed by atoms with Gasteiger partial charge >= 0.3 is 5.97 Å². The average molecular weight is 487 g/mol. The highest BCUT2D eigenvalue weighted by Crippen LogP contribution is 2.10. The van der Waals surface area contributed by atoms with Crippen molar-refractivity contribution in [3.8, 4) is 0 Å². The highest BCUT2D eigenvalue weighted by Gasteiger charge is 2.31. The van der Waals surface area contributed by atoms with E-state index in [1.54, 1.807) is 6.92 Å². The fourth-order valence-corrected chi connectivity index (χ4v) is 3.04. The van der Waals surface area contributed by atoms with Gasteiger partial charge in [0, 0.05) is 6.54 Å². The molecule has 0 radical (unpaired) electrons. The minimum absolute atomic E-state index is 0.0985. The highest BCUT2D eigenvalue weighted by molar-refractivity contribution is 5.94. The van der Waals surface area contributed by atoms with Crippen molar-refractivity contribution in [2.45, 2.75) is 83.5 Å². The van der Waals surface area contributed by atoms with Gasteiger partial charge in [-0.3, -0.25) is 19.4 Å². The molecule has 0 aromatic carbocycles. The van der Waals surface area contributed by atoms with E-state index in [-0.39, 0.29) is 31.3 Å². The number of carboxylic acids is 1. The Balaban J connectivity index is 5.44. The Kier molecular flexibility index (Phi) is 15.2. The summed E-state index contributed by atoms with van der Waals surface area (Å²) in [6.07, 6.45) is 2.44. The average Bonchev–Trinajstić information content (AvgIpc) is 2.77. The van der Waals surface area contributed by atoms with Crippen LogP contribution in [-0.4, -0.2) is 72.0 Å². The molecule has 196 valence electrons. The van der Waals surface area contributed by atoms with Crippen LogP contribution < -0.4 is 38.9 Å². The van der Waals surface area contributed by atoms with Crippen LogP contribution in [0.15, 0.2) is 4.99 Å². The summed E-state index contributed by atoms with van der Waals surface area (Å²) in [6.45, 7) is 5.79. The molecule has 0 fully saturated rings. The van der Waals surface area contributed by atoms with Crippen molar-refractivity contribution in [3.63, 3.8) is 0 Å². The molecule has 13 heteroatoms. The number of carbonyl (C=O) groups is 4. The molecular weight excluding hydrogens is 444 g/mol. The zero-order valence-electron chi connectivity index (χ0n) is 20.4. The van der Waals surface area contributed by atoms with Crippen LogP contribution in [0.4, 0.5) is 0 Å². The number of amides is 3. The van der Waals surface area contributed by atoms with Crippen molar-refractivity contribution in [3.05, 3.63) is 0 Å². The second-order valence-corrected chi connectivity index (χ2v) is 8.35. The topological polar surface area (TPSA) is 241 Å². The first-order valence-corrected chi connectivity index (χ1v) is 11.6. The van der Waals surface area contributed by atoms with Crippen molar-refractivity contribution in [1.29, 1.82) is 0 Å². The van der Waals surface area contributed by atoms with Gasteiger partial charge in [0.1, 0.15) is 18.1 Å². The number of hydrogen-bond acceptors (Lipinski definition) is 7. The maximum Gasteiger partial charge on any atom is 0.326 e. The van der Waals surface area contributed by atoms with E-state index in [1.807, 2.05) is 6.92 Å².